The Morgan fingerprint density at radius 1 is 0.739 bits per heavy atom. The molecule has 69 heavy (non-hydrogen) atoms. The standard InChI is InChI=1S/C39H41N13O11S6/c1-7-51(8-2)27-13-23(25(15-29(27)62-5)47-49-35-21(17-40)33(67(55)56)31(19-53)65-35)42-37-44-38(46-39(45-37)64-11-12-69(59,60)61)43-24-14-28(52(9-3)10-4)30(63-6)16-26(24)48-50-36-22(18-41)34(68(57)58)32(20-54)66-36/h13-16,19-20H,7-12H2,1-6H3,(H,55,56)(H,57,58)(H,59,60,61)(H2,42,43,44,45,46). The Morgan fingerprint density at radius 3 is 1.46 bits per heavy atom. The lowest BCUT2D eigenvalue weighted by Crippen LogP contribution is -2.22. The third kappa shape index (κ3) is 12.9. The Kier molecular flexibility index (Phi) is 18.9. The molecule has 0 aliphatic rings. The fourth-order valence-corrected chi connectivity index (χ4v) is 11.4. The summed E-state index contributed by atoms with van der Waals surface area (Å²) in [4.78, 5) is 39.9. The predicted molar refractivity (Wildman–Crippen MR) is 262 cm³/mol. The number of nitrogens with zero attached hydrogens (tertiary/aromatic N) is 11. The molecule has 0 aliphatic heterocycles. The summed E-state index contributed by atoms with van der Waals surface area (Å²) >= 11 is -3.17. The fourth-order valence-electron chi connectivity index (χ4n) is 6.33. The third-order valence-corrected chi connectivity index (χ3v) is 15.1. The van der Waals surface area contributed by atoms with Gasteiger partial charge in [-0.25, -0.2) is 8.42 Å². The van der Waals surface area contributed by atoms with Crippen molar-refractivity contribution in [3.05, 3.63) is 45.1 Å². The van der Waals surface area contributed by atoms with Crippen molar-refractivity contribution >= 4 is 135 Å². The van der Waals surface area contributed by atoms with Crippen LogP contribution >= 0.6 is 34.4 Å². The van der Waals surface area contributed by atoms with Crippen LogP contribution in [0.15, 0.2) is 59.7 Å². The van der Waals surface area contributed by atoms with Crippen molar-refractivity contribution in [1.29, 1.82) is 10.5 Å². The van der Waals surface area contributed by atoms with Crippen molar-refractivity contribution < 1.29 is 49.6 Å². The van der Waals surface area contributed by atoms with Gasteiger partial charge >= 0.3 is 0 Å². The van der Waals surface area contributed by atoms with Gasteiger partial charge in [-0.2, -0.15) is 33.9 Å². The molecule has 0 aliphatic carbocycles. The van der Waals surface area contributed by atoms with Gasteiger partial charge in [0.05, 0.1) is 52.5 Å². The minimum atomic E-state index is -4.40. The number of hydrogen-bond donors (Lipinski definition) is 5. The van der Waals surface area contributed by atoms with Crippen LogP contribution in [-0.4, -0.2) is 110 Å². The number of hydrogen-bond acceptors (Lipinski definition) is 24. The van der Waals surface area contributed by atoms with Crippen molar-refractivity contribution in [1.82, 2.24) is 15.0 Å². The Labute approximate surface area is 412 Å². The monoisotopic (exact) mass is 1060 g/mol. The van der Waals surface area contributed by atoms with Crippen LogP contribution in [0.25, 0.3) is 0 Å². The van der Waals surface area contributed by atoms with Crippen molar-refractivity contribution in [2.24, 2.45) is 20.5 Å². The summed E-state index contributed by atoms with van der Waals surface area (Å²) in [7, 11) is -1.51. The molecule has 3 aromatic heterocycles. The molecule has 0 bridgehead atoms. The number of methoxy groups -OCH3 is 2. The van der Waals surface area contributed by atoms with E-state index in [1.807, 2.05) is 49.6 Å². The molecule has 2 unspecified atom stereocenters. The van der Waals surface area contributed by atoms with E-state index in [9.17, 15) is 50.6 Å². The first-order chi connectivity index (χ1) is 33.0. The number of benzene rings is 2. The molecule has 0 spiro atoms. The van der Waals surface area contributed by atoms with E-state index >= 15 is 0 Å². The van der Waals surface area contributed by atoms with E-state index in [4.69, 9.17) is 9.47 Å². The van der Waals surface area contributed by atoms with E-state index in [1.54, 1.807) is 12.1 Å². The van der Waals surface area contributed by atoms with Gasteiger partial charge in [0.15, 0.2) is 49.9 Å². The number of ether oxygens (including phenoxy) is 2. The summed E-state index contributed by atoms with van der Waals surface area (Å²) in [6, 6.07) is 10.0. The molecule has 2 aromatic carbocycles. The van der Waals surface area contributed by atoms with E-state index < -0.39 is 47.8 Å². The quantitative estimate of drug-likeness (QED) is 0.0127. The molecule has 30 heteroatoms. The van der Waals surface area contributed by atoms with Crippen LogP contribution in [-0.2, 0) is 32.3 Å². The van der Waals surface area contributed by atoms with Crippen molar-refractivity contribution in [2.75, 3.05) is 72.3 Å². The topological polar surface area (TPSA) is 348 Å². The van der Waals surface area contributed by atoms with Crippen LogP contribution < -0.4 is 29.9 Å². The van der Waals surface area contributed by atoms with E-state index in [0.29, 0.717) is 84.3 Å². The second-order valence-corrected chi connectivity index (χ2v) is 19.9. The second-order valence-electron chi connectivity index (χ2n) is 13.4. The van der Waals surface area contributed by atoms with E-state index in [2.05, 4.69) is 46.0 Å². The van der Waals surface area contributed by atoms with Crippen LogP contribution in [0.5, 0.6) is 11.5 Å². The molecule has 24 nitrogen and oxygen atoms in total. The zero-order chi connectivity index (χ0) is 50.6. The summed E-state index contributed by atoms with van der Waals surface area (Å²) in [5, 5.41) is 42.8. The Hall–Kier alpha value is -6.35. The lowest BCUT2D eigenvalue weighted by molar-refractivity contribution is 0.111. The van der Waals surface area contributed by atoms with Gasteiger partial charge < -0.3 is 39.0 Å². The molecule has 0 amide bonds. The number of carbonyl (C=O) groups is 2. The van der Waals surface area contributed by atoms with Crippen LogP contribution in [0.2, 0.25) is 0 Å². The molecule has 0 radical (unpaired) electrons. The predicted octanol–water partition coefficient (Wildman–Crippen LogP) is 8.53. The van der Waals surface area contributed by atoms with Gasteiger partial charge in [0.2, 0.25) is 11.9 Å². The molecule has 0 fully saturated rings. The molecule has 364 valence electrons. The van der Waals surface area contributed by atoms with Crippen molar-refractivity contribution in [3.8, 4) is 23.6 Å². The number of rotatable bonds is 24. The van der Waals surface area contributed by atoms with Gasteiger partial charge in [-0.15, -0.1) is 43.1 Å². The number of aldehydes is 2. The normalized spacial score (nSPS) is 12.3. The third-order valence-electron chi connectivity index (χ3n) is 9.51. The van der Waals surface area contributed by atoms with Gasteiger partial charge in [0.25, 0.3) is 10.1 Å². The van der Waals surface area contributed by atoms with Crippen LogP contribution in [0.1, 0.15) is 58.2 Å². The molecule has 3 heterocycles. The largest absolute Gasteiger partial charge is 0.494 e. The molecule has 5 aromatic rings. The maximum atomic E-state index is 12.1. The van der Waals surface area contributed by atoms with Gasteiger partial charge in [-0.1, -0.05) is 11.8 Å². The average Bonchev–Trinajstić information content (AvgIpc) is 3.89. The van der Waals surface area contributed by atoms with Crippen molar-refractivity contribution in [2.45, 2.75) is 42.6 Å². The maximum Gasteiger partial charge on any atom is 0.265 e. The SMILES string of the molecule is CCN(CC)c1cc(Nc2nc(Nc3cc(N(CC)CC)c(OC)cc3N=Nc3sc(C=O)c(S(=O)O)c3C#N)nc(SCCS(=O)(=O)O)n2)c(N=Nc2sc(C=O)c(S(=O)O)c2C#N)cc1OC. The van der Waals surface area contributed by atoms with E-state index in [0.717, 1.165) is 11.8 Å². The highest BCUT2D eigenvalue weighted by molar-refractivity contribution is 8.00. The van der Waals surface area contributed by atoms with Gasteiger partial charge in [-0.05, 0) is 39.8 Å². The van der Waals surface area contributed by atoms with Gasteiger partial charge in [0, 0.05) is 44.1 Å². The first kappa shape index (κ1) is 53.6. The molecule has 5 N–H and O–H groups in total. The summed E-state index contributed by atoms with van der Waals surface area (Å²) in [5.74, 6) is -0.431. The molecular weight excluding hydrogens is 1020 g/mol. The Morgan fingerprint density at radius 2 is 1.14 bits per heavy atom. The zero-order valence-electron chi connectivity index (χ0n) is 37.2. The fraction of sp³-hybridized carbons (Fsp3) is 0.308. The van der Waals surface area contributed by atoms with Crippen LogP contribution in [0.4, 0.5) is 56.0 Å². The molecular formula is C39H41N13O11S6. The van der Waals surface area contributed by atoms with E-state index in [1.165, 1.54) is 26.4 Å². The summed E-state index contributed by atoms with van der Waals surface area (Å²) in [6.45, 7) is 9.87. The zero-order valence-corrected chi connectivity index (χ0v) is 42.1. The van der Waals surface area contributed by atoms with Gasteiger partial charge in [0.1, 0.15) is 55.9 Å². The number of nitrogens with one attached hydrogen (secondary N) is 2. The highest BCUT2D eigenvalue weighted by atomic mass is 32.2. The number of aromatic nitrogens is 3. The molecule has 2 atom stereocenters. The number of anilines is 6. The number of carbonyl (C=O) groups excluding carboxylic acids is 2. The first-order valence-corrected chi connectivity index (χ1v) is 26.4. The second kappa shape index (κ2) is 24.3. The lowest BCUT2D eigenvalue weighted by Gasteiger charge is -2.25. The van der Waals surface area contributed by atoms with Gasteiger partial charge in [-0.3, -0.25) is 14.1 Å². The number of thioether (sulfide) groups is 1. The number of nitriles is 2. The highest BCUT2D eigenvalue weighted by Crippen LogP contribution is 2.45. The smallest absolute Gasteiger partial charge is 0.265 e. The van der Waals surface area contributed by atoms with Crippen LogP contribution in [0.3, 0.4) is 0 Å². The Bertz CT molecular complexity index is 2870. The number of azo groups is 2. The molecule has 0 saturated carbocycles. The lowest BCUT2D eigenvalue weighted by atomic mass is 10.2. The summed E-state index contributed by atoms with van der Waals surface area (Å²) in [6.07, 6.45) is 0.666. The summed E-state index contributed by atoms with van der Waals surface area (Å²) < 4.78 is 88.3. The average molecular weight is 1060 g/mol. The maximum absolute atomic E-state index is 12.1. The molecule has 0 saturated heterocycles. The molecule has 5 rings (SSSR count). The Balaban J connectivity index is 1.72. The number of thiophene rings is 2. The van der Waals surface area contributed by atoms with E-state index in [-0.39, 0.29) is 76.4 Å². The van der Waals surface area contributed by atoms with Crippen LogP contribution in [0, 0.1) is 22.7 Å². The first-order valence-electron chi connectivity index (χ1n) is 19.9. The van der Waals surface area contributed by atoms with Crippen molar-refractivity contribution in [3.63, 3.8) is 0 Å². The highest BCUT2D eigenvalue weighted by Gasteiger charge is 2.25. The minimum Gasteiger partial charge on any atom is -0.494 e. The minimum absolute atomic E-state index is 0.0358. The summed E-state index contributed by atoms with van der Waals surface area (Å²) in [5.41, 5.74) is 1.09.